The fraction of sp³-hybridized carbons (Fsp3) is 0.571. The molecule has 92 valence electrons. The molecule has 3 saturated heterocycles. The van der Waals surface area contributed by atoms with Crippen LogP contribution in [0.1, 0.15) is 29.9 Å². The Morgan fingerprint density at radius 1 is 1.18 bits per heavy atom. The molecule has 3 heteroatoms. The van der Waals surface area contributed by atoms with E-state index >= 15 is 0 Å². The number of hydrogen-bond acceptors (Lipinski definition) is 3. The van der Waals surface area contributed by atoms with E-state index in [0.717, 1.165) is 17.4 Å². The minimum atomic E-state index is 0.500. The van der Waals surface area contributed by atoms with Gasteiger partial charge in [-0.3, -0.25) is 4.84 Å². The van der Waals surface area contributed by atoms with Crippen molar-refractivity contribution in [3.05, 3.63) is 35.4 Å². The quantitative estimate of drug-likeness (QED) is 0.809. The molecule has 17 heavy (non-hydrogen) atoms. The standard InChI is InChI=1S/C14H20N2O/c15-17-10-11-1-3-12(4-2-11)14-9-16-7-5-13(14)6-8-16/h1-4,13-14H,5-10,15H2. The lowest BCUT2D eigenvalue weighted by atomic mass is 9.75. The first kappa shape index (κ1) is 11.2. The van der Waals surface area contributed by atoms with Crippen molar-refractivity contribution in [1.29, 1.82) is 0 Å². The van der Waals surface area contributed by atoms with Crippen molar-refractivity contribution < 1.29 is 4.84 Å². The van der Waals surface area contributed by atoms with Crippen molar-refractivity contribution in [3.8, 4) is 0 Å². The zero-order valence-corrected chi connectivity index (χ0v) is 10.1. The summed E-state index contributed by atoms with van der Waals surface area (Å²) in [7, 11) is 0. The summed E-state index contributed by atoms with van der Waals surface area (Å²) in [6, 6.07) is 8.78. The maximum Gasteiger partial charge on any atom is 0.0930 e. The van der Waals surface area contributed by atoms with Crippen molar-refractivity contribution in [2.24, 2.45) is 11.8 Å². The third-order valence-electron chi connectivity index (χ3n) is 4.31. The van der Waals surface area contributed by atoms with Crippen molar-refractivity contribution in [3.63, 3.8) is 0 Å². The summed E-state index contributed by atoms with van der Waals surface area (Å²) in [5.74, 6) is 6.72. The Labute approximate surface area is 103 Å². The summed E-state index contributed by atoms with van der Waals surface area (Å²) in [6.45, 7) is 4.36. The second-order valence-corrected chi connectivity index (χ2v) is 5.30. The van der Waals surface area contributed by atoms with E-state index in [9.17, 15) is 0 Å². The third kappa shape index (κ3) is 2.23. The number of fused-ring (bicyclic) bond motifs is 3. The Bertz CT molecular complexity index is 368. The molecule has 2 N–H and O–H groups in total. The molecule has 1 atom stereocenters. The van der Waals surface area contributed by atoms with Gasteiger partial charge in [0.15, 0.2) is 0 Å². The largest absolute Gasteiger partial charge is 0.303 e. The van der Waals surface area contributed by atoms with Crippen LogP contribution in [0.5, 0.6) is 0 Å². The first-order valence-electron chi connectivity index (χ1n) is 6.49. The highest BCUT2D eigenvalue weighted by molar-refractivity contribution is 5.27. The Kier molecular flexibility index (Phi) is 3.14. The normalized spacial score (nSPS) is 31.7. The van der Waals surface area contributed by atoms with Crippen LogP contribution in [-0.2, 0) is 11.4 Å². The van der Waals surface area contributed by atoms with E-state index < -0.39 is 0 Å². The highest BCUT2D eigenvalue weighted by Gasteiger charge is 2.34. The summed E-state index contributed by atoms with van der Waals surface area (Å²) in [5, 5.41) is 0. The molecule has 1 aromatic carbocycles. The minimum Gasteiger partial charge on any atom is -0.303 e. The number of hydrogen-bond donors (Lipinski definition) is 1. The molecular weight excluding hydrogens is 212 g/mol. The number of benzene rings is 1. The van der Waals surface area contributed by atoms with Crippen LogP contribution in [-0.4, -0.2) is 24.5 Å². The van der Waals surface area contributed by atoms with Gasteiger partial charge in [0.05, 0.1) is 6.61 Å². The fourth-order valence-electron chi connectivity index (χ4n) is 3.30. The second kappa shape index (κ2) is 4.77. The molecule has 0 amide bonds. The molecule has 4 rings (SSSR count). The maximum absolute atomic E-state index is 5.08. The average molecular weight is 232 g/mol. The van der Waals surface area contributed by atoms with Gasteiger partial charge < -0.3 is 4.90 Å². The number of nitrogens with two attached hydrogens (primary N) is 1. The molecule has 3 fully saturated rings. The molecule has 1 unspecified atom stereocenters. The molecule has 1 aromatic rings. The van der Waals surface area contributed by atoms with Gasteiger partial charge in [0.1, 0.15) is 0 Å². The number of piperidine rings is 3. The lowest BCUT2D eigenvalue weighted by molar-refractivity contribution is 0.0870. The first-order chi connectivity index (χ1) is 8.36. The van der Waals surface area contributed by atoms with Crippen LogP contribution in [0.2, 0.25) is 0 Å². The Morgan fingerprint density at radius 2 is 1.88 bits per heavy atom. The molecule has 0 aromatic heterocycles. The lowest BCUT2D eigenvalue weighted by Gasteiger charge is -2.45. The molecule has 3 nitrogen and oxygen atoms in total. The van der Waals surface area contributed by atoms with Crippen LogP contribution >= 0.6 is 0 Å². The molecule has 0 radical (unpaired) electrons. The zero-order valence-electron chi connectivity index (χ0n) is 10.1. The van der Waals surface area contributed by atoms with E-state index in [1.54, 1.807) is 0 Å². The van der Waals surface area contributed by atoms with Crippen LogP contribution in [0.15, 0.2) is 24.3 Å². The fourth-order valence-corrected chi connectivity index (χ4v) is 3.30. The van der Waals surface area contributed by atoms with Crippen LogP contribution in [0.3, 0.4) is 0 Å². The molecular formula is C14H20N2O. The van der Waals surface area contributed by atoms with Crippen molar-refractivity contribution >= 4 is 0 Å². The Morgan fingerprint density at radius 3 is 2.41 bits per heavy atom. The minimum absolute atomic E-state index is 0.500. The summed E-state index contributed by atoms with van der Waals surface area (Å²) < 4.78 is 0. The van der Waals surface area contributed by atoms with E-state index in [-0.39, 0.29) is 0 Å². The maximum atomic E-state index is 5.08. The van der Waals surface area contributed by atoms with Crippen molar-refractivity contribution in [2.75, 3.05) is 19.6 Å². The van der Waals surface area contributed by atoms with E-state index in [0.29, 0.717) is 6.61 Å². The number of rotatable bonds is 3. The van der Waals surface area contributed by atoms with Gasteiger partial charge in [-0.2, -0.15) is 0 Å². The van der Waals surface area contributed by atoms with Crippen molar-refractivity contribution in [1.82, 2.24) is 4.90 Å². The lowest BCUT2D eigenvalue weighted by Crippen LogP contribution is -2.46. The number of nitrogens with zero attached hydrogens (tertiary/aromatic N) is 1. The Balaban J connectivity index is 1.75. The second-order valence-electron chi connectivity index (χ2n) is 5.30. The molecule has 0 aliphatic carbocycles. The van der Waals surface area contributed by atoms with Gasteiger partial charge in [-0.05, 0) is 48.9 Å². The van der Waals surface area contributed by atoms with Gasteiger partial charge in [0.2, 0.25) is 0 Å². The van der Waals surface area contributed by atoms with Crippen LogP contribution < -0.4 is 5.90 Å². The summed E-state index contributed by atoms with van der Waals surface area (Å²) in [6.07, 6.45) is 2.75. The van der Waals surface area contributed by atoms with Gasteiger partial charge >= 0.3 is 0 Å². The average Bonchev–Trinajstić information content (AvgIpc) is 2.41. The summed E-state index contributed by atoms with van der Waals surface area (Å²) >= 11 is 0. The van der Waals surface area contributed by atoms with E-state index in [4.69, 9.17) is 5.90 Å². The van der Waals surface area contributed by atoms with Gasteiger partial charge in [-0.15, -0.1) is 0 Å². The van der Waals surface area contributed by atoms with Gasteiger partial charge in [0, 0.05) is 6.54 Å². The van der Waals surface area contributed by atoms with E-state index in [1.165, 1.54) is 38.0 Å². The van der Waals surface area contributed by atoms with Crippen LogP contribution in [0.4, 0.5) is 0 Å². The molecule has 0 saturated carbocycles. The Hall–Kier alpha value is -0.900. The molecule has 0 spiro atoms. The van der Waals surface area contributed by atoms with Crippen molar-refractivity contribution in [2.45, 2.75) is 25.4 Å². The topological polar surface area (TPSA) is 38.5 Å². The first-order valence-corrected chi connectivity index (χ1v) is 6.49. The predicted octanol–water partition coefficient (Wildman–Crippen LogP) is 1.89. The van der Waals surface area contributed by atoms with Gasteiger partial charge in [-0.1, -0.05) is 24.3 Å². The van der Waals surface area contributed by atoms with Crippen LogP contribution in [0, 0.1) is 5.92 Å². The van der Waals surface area contributed by atoms with Gasteiger partial charge in [-0.25, -0.2) is 5.90 Å². The van der Waals surface area contributed by atoms with E-state index in [2.05, 4.69) is 34.0 Å². The molecule has 3 aliphatic rings. The smallest absolute Gasteiger partial charge is 0.0930 e. The molecule has 3 heterocycles. The summed E-state index contributed by atoms with van der Waals surface area (Å²) in [4.78, 5) is 7.25. The predicted molar refractivity (Wildman–Crippen MR) is 67.3 cm³/mol. The van der Waals surface area contributed by atoms with E-state index in [1.807, 2.05) is 0 Å². The third-order valence-corrected chi connectivity index (χ3v) is 4.31. The molecule has 3 aliphatic heterocycles. The highest BCUT2D eigenvalue weighted by Crippen LogP contribution is 2.38. The van der Waals surface area contributed by atoms with Crippen LogP contribution in [0.25, 0.3) is 0 Å². The highest BCUT2D eigenvalue weighted by atomic mass is 16.6. The molecule has 2 bridgehead atoms. The summed E-state index contributed by atoms with van der Waals surface area (Å²) in [5.41, 5.74) is 2.64. The monoisotopic (exact) mass is 232 g/mol. The SMILES string of the molecule is NOCc1ccc(C2CN3CCC2CC3)cc1. The van der Waals surface area contributed by atoms with Gasteiger partial charge in [0.25, 0.3) is 0 Å². The zero-order chi connectivity index (χ0) is 11.7.